The monoisotopic (exact) mass is 524 g/mol. The molecule has 0 atom stereocenters. The van der Waals surface area contributed by atoms with E-state index in [2.05, 4.69) is 26.5 Å². The molecule has 0 unspecified atom stereocenters. The van der Waals surface area contributed by atoms with Crippen LogP contribution in [0.3, 0.4) is 0 Å². The summed E-state index contributed by atoms with van der Waals surface area (Å²) in [5.74, 6) is 6.58. The number of alkyl halides is 3. The second-order valence-corrected chi connectivity index (χ2v) is 9.76. The van der Waals surface area contributed by atoms with Gasteiger partial charge in [-0.05, 0) is 68.4 Å². The number of benzene rings is 2. The van der Waals surface area contributed by atoms with Crippen molar-refractivity contribution in [1.29, 1.82) is 0 Å². The number of methoxy groups -OCH3 is 1. The van der Waals surface area contributed by atoms with Gasteiger partial charge in [-0.3, -0.25) is 4.79 Å². The third-order valence-electron chi connectivity index (χ3n) is 7.21. The smallest absolute Gasteiger partial charge is 0.471 e. The fourth-order valence-electron chi connectivity index (χ4n) is 5.08. The highest BCUT2D eigenvalue weighted by atomic mass is 19.4. The van der Waals surface area contributed by atoms with Crippen LogP contribution >= 0.6 is 0 Å². The first-order chi connectivity index (χ1) is 18.3. The second-order valence-electron chi connectivity index (χ2n) is 9.76. The van der Waals surface area contributed by atoms with Crippen LogP contribution in [0.4, 0.5) is 13.2 Å². The van der Waals surface area contributed by atoms with Gasteiger partial charge in [-0.2, -0.15) is 18.2 Å². The molecular formula is C29H27F3N2O4. The van der Waals surface area contributed by atoms with E-state index in [9.17, 15) is 18.0 Å². The van der Waals surface area contributed by atoms with Crippen LogP contribution in [0.15, 0.2) is 47.0 Å². The molecule has 0 aliphatic heterocycles. The number of rotatable bonds is 5. The SMILES string of the molecule is COc1ccc(C2(C#Cc3cccc(-c4noc(C(F)(F)F)n4)c3)CCC(=O)CC2)cc1OC1CCCC1. The lowest BCUT2D eigenvalue weighted by atomic mass is 9.69. The molecule has 0 spiro atoms. The van der Waals surface area contributed by atoms with Crippen molar-refractivity contribution in [3.8, 4) is 34.7 Å². The zero-order valence-corrected chi connectivity index (χ0v) is 20.9. The Labute approximate surface area is 218 Å². The molecule has 1 aromatic heterocycles. The molecule has 2 fully saturated rings. The minimum absolute atomic E-state index is 0.153. The number of nitrogens with zero attached hydrogens (tertiary/aromatic N) is 2. The molecule has 2 aliphatic rings. The van der Waals surface area contributed by atoms with Crippen molar-refractivity contribution in [2.75, 3.05) is 7.11 Å². The van der Waals surface area contributed by atoms with Crippen LogP contribution in [-0.2, 0) is 16.4 Å². The van der Waals surface area contributed by atoms with E-state index in [1.807, 2.05) is 18.2 Å². The lowest BCUT2D eigenvalue weighted by Crippen LogP contribution is -2.30. The van der Waals surface area contributed by atoms with Crippen molar-refractivity contribution in [1.82, 2.24) is 10.1 Å². The number of Topliss-reactive ketones (excluding diaryl/α,β-unsaturated/α-hetero) is 1. The summed E-state index contributed by atoms with van der Waals surface area (Å²) < 4.78 is 54.9. The van der Waals surface area contributed by atoms with Gasteiger partial charge in [-0.25, -0.2) is 0 Å². The zero-order chi connectivity index (χ0) is 26.8. The Morgan fingerprint density at radius 2 is 1.82 bits per heavy atom. The van der Waals surface area contributed by atoms with E-state index in [0.717, 1.165) is 31.2 Å². The topological polar surface area (TPSA) is 74.5 Å². The van der Waals surface area contributed by atoms with E-state index in [-0.39, 0.29) is 17.7 Å². The maximum absolute atomic E-state index is 12.9. The summed E-state index contributed by atoms with van der Waals surface area (Å²) in [7, 11) is 1.61. The van der Waals surface area contributed by atoms with Crippen molar-refractivity contribution in [3.63, 3.8) is 0 Å². The first-order valence-electron chi connectivity index (χ1n) is 12.7. The minimum Gasteiger partial charge on any atom is -0.493 e. The van der Waals surface area contributed by atoms with Crippen LogP contribution in [0.2, 0.25) is 0 Å². The molecular weight excluding hydrogens is 497 g/mol. The maximum Gasteiger partial charge on any atom is 0.471 e. The molecule has 2 aromatic carbocycles. The third kappa shape index (κ3) is 5.54. The molecule has 0 amide bonds. The van der Waals surface area contributed by atoms with Gasteiger partial charge in [0, 0.05) is 24.0 Å². The lowest BCUT2D eigenvalue weighted by Gasteiger charge is -2.33. The number of halogens is 3. The standard InChI is InChI=1S/C29H27F3N2O4/c1-36-24-10-9-21(18-25(24)37-23-7-2-3-8-23)28(15-12-22(35)13-16-28)14-11-19-5-4-6-20(17-19)26-33-27(38-34-26)29(30,31)32/h4-6,9-10,17-18,23H,2-3,7-8,12-13,15-16H2,1H3. The first kappa shape index (κ1) is 25.8. The fraction of sp³-hybridized carbons (Fsp3) is 0.414. The van der Waals surface area contributed by atoms with Gasteiger partial charge in [-0.15, -0.1) is 0 Å². The summed E-state index contributed by atoms with van der Waals surface area (Å²) in [6, 6.07) is 12.5. The van der Waals surface area contributed by atoms with Crippen LogP contribution in [0.1, 0.15) is 68.4 Å². The summed E-state index contributed by atoms with van der Waals surface area (Å²) >= 11 is 0. The fourth-order valence-corrected chi connectivity index (χ4v) is 5.08. The minimum atomic E-state index is -4.72. The van der Waals surface area contributed by atoms with E-state index in [4.69, 9.17) is 9.47 Å². The summed E-state index contributed by atoms with van der Waals surface area (Å²) in [5.41, 5.74) is 1.32. The second kappa shape index (κ2) is 10.5. The van der Waals surface area contributed by atoms with Gasteiger partial charge in [0.1, 0.15) is 5.78 Å². The van der Waals surface area contributed by atoms with E-state index >= 15 is 0 Å². The molecule has 2 saturated carbocycles. The Bertz CT molecular complexity index is 1370. The predicted octanol–water partition coefficient (Wildman–Crippen LogP) is 6.52. The largest absolute Gasteiger partial charge is 0.493 e. The summed E-state index contributed by atoms with van der Waals surface area (Å²) in [4.78, 5) is 15.6. The van der Waals surface area contributed by atoms with E-state index in [1.165, 1.54) is 0 Å². The highest BCUT2D eigenvalue weighted by molar-refractivity contribution is 5.80. The van der Waals surface area contributed by atoms with Gasteiger partial charge in [-0.1, -0.05) is 35.2 Å². The summed E-state index contributed by atoms with van der Waals surface area (Å²) in [6.45, 7) is 0. The van der Waals surface area contributed by atoms with Crippen LogP contribution in [0, 0.1) is 11.8 Å². The zero-order valence-electron chi connectivity index (χ0n) is 20.9. The van der Waals surface area contributed by atoms with Gasteiger partial charge >= 0.3 is 12.1 Å². The number of carbonyl (C=O) groups excluding carboxylic acids is 1. The first-order valence-corrected chi connectivity index (χ1v) is 12.7. The predicted molar refractivity (Wildman–Crippen MR) is 133 cm³/mol. The molecule has 2 aliphatic carbocycles. The van der Waals surface area contributed by atoms with E-state index in [1.54, 1.807) is 31.4 Å². The van der Waals surface area contributed by atoms with Gasteiger partial charge in [0.05, 0.1) is 18.6 Å². The van der Waals surface area contributed by atoms with Gasteiger partial charge in [0.15, 0.2) is 11.5 Å². The normalized spacial score (nSPS) is 17.6. The molecule has 38 heavy (non-hydrogen) atoms. The molecule has 0 radical (unpaired) electrons. The number of hydrogen-bond donors (Lipinski definition) is 0. The summed E-state index contributed by atoms with van der Waals surface area (Å²) in [6.07, 6.45) is 1.70. The third-order valence-corrected chi connectivity index (χ3v) is 7.21. The van der Waals surface area contributed by atoms with Gasteiger partial charge in [0.2, 0.25) is 5.82 Å². The molecule has 3 aromatic rings. The Balaban J connectivity index is 1.48. The van der Waals surface area contributed by atoms with Crippen molar-refractivity contribution in [2.24, 2.45) is 0 Å². The molecule has 6 nitrogen and oxygen atoms in total. The molecule has 9 heteroatoms. The molecule has 5 rings (SSSR count). The average molecular weight is 525 g/mol. The van der Waals surface area contributed by atoms with Crippen molar-refractivity contribution in [2.45, 2.75) is 69.1 Å². The maximum atomic E-state index is 12.9. The Kier molecular flexibility index (Phi) is 7.15. The lowest BCUT2D eigenvalue weighted by molar-refractivity contribution is -0.159. The quantitative estimate of drug-likeness (QED) is 0.354. The van der Waals surface area contributed by atoms with Crippen molar-refractivity contribution < 1.29 is 32.0 Å². The Morgan fingerprint density at radius 1 is 1.05 bits per heavy atom. The highest BCUT2D eigenvalue weighted by Gasteiger charge is 2.39. The summed E-state index contributed by atoms with van der Waals surface area (Å²) in [5, 5.41) is 3.46. The number of aromatic nitrogens is 2. The van der Waals surface area contributed by atoms with Crippen molar-refractivity contribution >= 4 is 5.78 Å². The molecule has 0 bridgehead atoms. The van der Waals surface area contributed by atoms with Gasteiger partial charge < -0.3 is 14.0 Å². The van der Waals surface area contributed by atoms with Crippen LogP contribution in [-0.4, -0.2) is 29.1 Å². The van der Waals surface area contributed by atoms with Gasteiger partial charge in [0.25, 0.3) is 0 Å². The number of carbonyl (C=O) groups is 1. The Hall–Kier alpha value is -3.80. The van der Waals surface area contributed by atoms with Crippen LogP contribution in [0.25, 0.3) is 11.4 Å². The molecule has 0 N–H and O–H groups in total. The number of ketones is 1. The van der Waals surface area contributed by atoms with Crippen LogP contribution in [0.5, 0.6) is 11.5 Å². The molecule has 1 heterocycles. The molecule has 0 saturated heterocycles. The van der Waals surface area contributed by atoms with E-state index < -0.39 is 17.5 Å². The number of ether oxygens (including phenoxy) is 2. The van der Waals surface area contributed by atoms with E-state index in [0.29, 0.717) is 48.3 Å². The van der Waals surface area contributed by atoms with Crippen LogP contribution < -0.4 is 9.47 Å². The number of hydrogen-bond acceptors (Lipinski definition) is 6. The molecule has 198 valence electrons. The van der Waals surface area contributed by atoms with Crippen molar-refractivity contribution in [3.05, 3.63) is 59.5 Å². The average Bonchev–Trinajstić information content (AvgIpc) is 3.62. The Morgan fingerprint density at radius 3 is 2.50 bits per heavy atom. The highest BCUT2D eigenvalue weighted by Crippen LogP contribution is 2.42.